The normalized spacial score (nSPS) is 16.8. The van der Waals surface area contributed by atoms with Gasteiger partial charge in [-0.1, -0.05) is 31.2 Å². The summed E-state index contributed by atoms with van der Waals surface area (Å²) in [7, 11) is 0. The maximum atomic E-state index is 12.2. The van der Waals surface area contributed by atoms with Crippen molar-refractivity contribution in [3.63, 3.8) is 0 Å². The van der Waals surface area contributed by atoms with E-state index in [9.17, 15) is 4.79 Å². The van der Waals surface area contributed by atoms with Crippen LogP contribution >= 0.6 is 0 Å². The summed E-state index contributed by atoms with van der Waals surface area (Å²) in [4.78, 5) is 19.5. The SMILES string of the molecule is CC1CCN(Cc2ccc(-c3cccn4nc(Nc5ccc(C(=O)NC6CC6)cc5)nc34)cc2)CC1. The number of anilines is 2. The molecule has 36 heavy (non-hydrogen) atoms. The standard InChI is InChI=1S/C29H32N6O/c1-20-14-17-34(18-15-20)19-21-4-6-22(7-5-21)26-3-2-16-35-27(26)32-29(33-35)31-25-10-8-23(9-11-25)28(36)30-24-12-13-24/h2-11,16,20,24H,12-15,17-19H2,1H3,(H,30,36)(H,31,33). The van der Waals surface area contributed by atoms with Crippen LogP contribution in [0.5, 0.6) is 0 Å². The Hall–Kier alpha value is -3.71. The van der Waals surface area contributed by atoms with Crippen LogP contribution in [-0.4, -0.2) is 44.5 Å². The Bertz CT molecular complexity index is 1350. The number of nitrogens with zero attached hydrogens (tertiary/aromatic N) is 4. The van der Waals surface area contributed by atoms with Crippen molar-refractivity contribution in [3.8, 4) is 11.1 Å². The van der Waals surface area contributed by atoms with Crippen LogP contribution in [0.15, 0.2) is 66.9 Å². The largest absolute Gasteiger partial charge is 0.349 e. The number of pyridine rings is 1. The molecule has 2 aliphatic rings. The van der Waals surface area contributed by atoms with Gasteiger partial charge >= 0.3 is 0 Å². The zero-order valence-electron chi connectivity index (χ0n) is 20.7. The van der Waals surface area contributed by atoms with Crippen molar-refractivity contribution >= 4 is 23.2 Å². The summed E-state index contributed by atoms with van der Waals surface area (Å²) in [5.41, 5.74) is 5.82. The lowest BCUT2D eigenvalue weighted by atomic mass is 9.98. The van der Waals surface area contributed by atoms with Gasteiger partial charge in [0.25, 0.3) is 5.91 Å². The fraction of sp³-hybridized carbons (Fsp3) is 0.345. The molecule has 7 nitrogen and oxygen atoms in total. The number of carbonyl (C=O) groups excluding carboxylic acids is 1. The summed E-state index contributed by atoms with van der Waals surface area (Å²) in [5.74, 6) is 1.36. The minimum atomic E-state index is -0.0175. The molecular formula is C29H32N6O. The van der Waals surface area contributed by atoms with Gasteiger partial charge in [-0.15, -0.1) is 5.10 Å². The summed E-state index contributed by atoms with van der Waals surface area (Å²) in [6, 6.07) is 20.7. The van der Waals surface area contributed by atoms with Gasteiger partial charge in [0.1, 0.15) is 0 Å². The van der Waals surface area contributed by atoms with Crippen LogP contribution in [0.1, 0.15) is 48.5 Å². The van der Waals surface area contributed by atoms with Gasteiger partial charge < -0.3 is 10.6 Å². The molecule has 0 radical (unpaired) electrons. The molecule has 0 bridgehead atoms. The number of piperidine rings is 1. The predicted molar refractivity (Wildman–Crippen MR) is 142 cm³/mol. The zero-order chi connectivity index (χ0) is 24.5. The number of hydrogen-bond acceptors (Lipinski definition) is 5. The minimum absolute atomic E-state index is 0.0175. The molecule has 1 saturated carbocycles. The molecule has 0 atom stereocenters. The molecule has 4 aromatic rings. The third-order valence-electron chi connectivity index (χ3n) is 7.23. The smallest absolute Gasteiger partial charge is 0.251 e. The number of hydrogen-bond donors (Lipinski definition) is 2. The van der Waals surface area contributed by atoms with Crippen molar-refractivity contribution in [1.29, 1.82) is 0 Å². The van der Waals surface area contributed by atoms with E-state index in [2.05, 4.69) is 57.9 Å². The van der Waals surface area contributed by atoms with Crippen molar-refractivity contribution in [3.05, 3.63) is 78.0 Å². The molecule has 1 amide bonds. The van der Waals surface area contributed by atoms with Crippen LogP contribution < -0.4 is 10.6 Å². The Kier molecular flexibility index (Phi) is 6.15. The van der Waals surface area contributed by atoms with Crippen molar-refractivity contribution < 1.29 is 4.79 Å². The Morgan fingerprint density at radius 2 is 1.72 bits per heavy atom. The van der Waals surface area contributed by atoms with Gasteiger partial charge in [-0.3, -0.25) is 9.69 Å². The third kappa shape index (κ3) is 5.11. The second-order valence-electron chi connectivity index (χ2n) is 10.2. The first-order chi connectivity index (χ1) is 17.6. The predicted octanol–water partition coefficient (Wildman–Crippen LogP) is 5.26. The molecule has 184 valence electrons. The molecule has 1 aliphatic carbocycles. The highest BCUT2D eigenvalue weighted by atomic mass is 16.1. The highest BCUT2D eigenvalue weighted by Crippen LogP contribution is 2.26. The number of carbonyl (C=O) groups is 1. The molecule has 2 fully saturated rings. The maximum Gasteiger partial charge on any atom is 0.251 e. The number of aromatic nitrogens is 3. The van der Waals surface area contributed by atoms with E-state index in [0.717, 1.165) is 47.8 Å². The van der Waals surface area contributed by atoms with E-state index in [1.807, 2.05) is 36.5 Å². The van der Waals surface area contributed by atoms with Crippen LogP contribution in [-0.2, 0) is 6.54 Å². The fourth-order valence-electron chi connectivity index (χ4n) is 4.78. The summed E-state index contributed by atoms with van der Waals surface area (Å²) in [6.07, 6.45) is 6.66. The first-order valence-electron chi connectivity index (χ1n) is 13.0. The highest BCUT2D eigenvalue weighted by Gasteiger charge is 2.23. The average molecular weight is 481 g/mol. The van der Waals surface area contributed by atoms with E-state index in [1.54, 1.807) is 4.52 Å². The molecule has 0 unspecified atom stereocenters. The van der Waals surface area contributed by atoms with E-state index in [4.69, 9.17) is 4.98 Å². The molecule has 2 N–H and O–H groups in total. The Balaban J connectivity index is 1.16. The molecule has 3 heterocycles. The molecule has 1 saturated heterocycles. The molecular weight excluding hydrogens is 448 g/mol. The summed E-state index contributed by atoms with van der Waals surface area (Å²) < 4.78 is 1.80. The van der Waals surface area contributed by atoms with Crippen LogP contribution in [0.4, 0.5) is 11.6 Å². The van der Waals surface area contributed by atoms with Gasteiger partial charge in [0.15, 0.2) is 5.65 Å². The second kappa shape index (κ2) is 9.74. The lowest BCUT2D eigenvalue weighted by molar-refractivity contribution is 0.0951. The van der Waals surface area contributed by atoms with E-state index in [1.165, 1.54) is 31.5 Å². The summed E-state index contributed by atoms with van der Waals surface area (Å²) >= 11 is 0. The summed E-state index contributed by atoms with van der Waals surface area (Å²) in [6.45, 7) is 5.74. The molecule has 1 aliphatic heterocycles. The van der Waals surface area contributed by atoms with E-state index in [0.29, 0.717) is 17.6 Å². The maximum absolute atomic E-state index is 12.2. The minimum Gasteiger partial charge on any atom is -0.349 e. The van der Waals surface area contributed by atoms with Gasteiger partial charge in [0.2, 0.25) is 5.95 Å². The number of amides is 1. The first kappa shape index (κ1) is 22.7. The topological polar surface area (TPSA) is 74.6 Å². The Morgan fingerprint density at radius 3 is 2.44 bits per heavy atom. The van der Waals surface area contributed by atoms with Crippen LogP contribution in [0.2, 0.25) is 0 Å². The third-order valence-corrected chi connectivity index (χ3v) is 7.23. The Labute approximate surface area is 211 Å². The van der Waals surface area contributed by atoms with Crippen molar-refractivity contribution in [2.75, 3.05) is 18.4 Å². The van der Waals surface area contributed by atoms with Gasteiger partial charge in [0, 0.05) is 35.6 Å². The highest BCUT2D eigenvalue weighted by molar-refractivity contribution is 5.95. The first-order valence-corrected chi connectivity index (χ1v) is 13.0. The van der Waals surface area contributed by atoms with Crippen molar-refractivity contribution in [2.45, 2.75) is 45.2 Å². The molecule has 6 rings (SSSR count). The lowest BCUT2D eigenvalue weighted by Gasteiger charge is -2.30. The van der Waals surface area contributed by atoms with Crippen molar-refractivity contribution in [2.24, 2.45) is 5.92 Å². The molecule has 7 heteroatoms. The number of likely N-dealkylation sites (tertiary alicyclic amines) is 1. The quantitative estimate of drug-likeness (QED) is 0.377. The molecule has 2 aromatic carbocycles. The van der Waals surface area contributed by atoms with E-state index < -0.39 is 0 Å². The van der Waals surface area contributed by atoms with Crippen LogP contribution in [0, 0.1) is 5.92 Å². The number of nitrogens with one attached hydrogen (secondary N) is 2. The monoisotopic (exact) mass is 480 g/mol. The van der Waals surface area contributed by atoms with Gasteiger partial charge in [-0.05, 0) is 92.2 Å². The summed E-state index contributed by atoms with van der Waals surface area (Å²) in [5, 5.41) is 10.9. The second-order valence-corrected chi connectivity index (χ2v) is 10.2. The fourth-order valence-corrected chi connectivity index (χ4v) is 4.78. The van der Waals surface area contributed by atoms with E-state index in [-0.39, 0.29) is 5.91 Å². The molecule has 0 spiro atoms. The van der Waals surface area contributed by atoms with Gasteiger partial charge in [-0.2, -0.15) is 4.98 Å². The van der Waals surface area contributed by atoms with Gasteiger partial charge in [0.05, 0.1) is 0 Å². The van der Waals surface area contributed by atoms with Crippen LogP contribution in [0.3, 0.4) is 0 Å². The van der Waals surface area contributed by atoms with E-state index >= 15 is 0 Å². The average Bonchev–Trinajstić information content (AvgIpc) is 3.62. The van der Waals surface area contributed by atoms with Crippen molar-refractivity contribution in [1.82, 2.24) is 24.8 Å². The number of benzene rings is 2. The lowest BCUT2D eigenvalue weighted by Crippen LogP contribution is -2.32. The van der Waals surface area contributed by atoms with Gasteiger partial charge in [-0.25, -0.2) is 4.52 Å². The number of fused-ring (bicyclic) bond motifs is 1. The van der Waals surface area contributed by atoms with Crippen LogP contribution in [0.25, 0.3) is 16.8 Å². The number of rotatable bonds is 7. The Morgan fingerprint density at radius 1 is 0.972 bits per heavy atom. The molecule has 2 aromatic heterocycles. The zero-order valence-corrected chi connectivity index (χ0v) is 20.7.